The van der Waals surface area contributed by atoms with Gasteiger partial charge in [-0.3, -0.25) is 14.9 Å². The van der Waals surface area contributed by atoms with Crippen molar-refractivity contribution in [1.82, 2.24) is 4.90 Å². The Morgan fingerprint density at radius 1 is 1.55 bits per heavy atom. The summed E-state index contributed by atoms with van der Waals surface area (Å²) in [5.74, 6) is -0.396. The average molecular weight is 280 g/mol. The van der Waals surface area contributed by atoms with Crippen molar-refractivity contribution in [3.05, 3.63) is 33.9 Å². The van der Waals surface area contributed by atoms with Gasteiger partial charge in [-0.05, 0) is 18.9 Å². The van der Waals surface area contributed by atoms with E-state index in [9.17, 15) is 20.0 Å². The number of nitrogens with zero attached hydrogens (tertiary/aromatic N) is 2. The van der Waals surface area contributed by atoms with Gasteiger partial charge < -0.3 is 14.7 Å². The number of nitro groups is 1. The normalized spacial score (nSPS) is 18.7. The van der Waals surface area contributed by atoms with Gasteiger partial charge >= 0.3 is 5.69 Å². The largest absolute Gasteiger partial charge is 0.490 e. The molecule has 1 fully saturated rings. The lowest BCUT2D eigenvalue weighted by Gasteiger charge is -2.30. The zero-order valence-electron chi connectivity index (χ0n) is 11.1. The van der Waals surface area contributed by atoms with E-state index in [0.29, 0.717) is 19.4 Å². The van der Waals surface area contributed by atoms with Crippen LogP contribution in [0.15, 0.2) is 18.2 Å². The highest BCUT2D eigenvalue weighted by atomic mass is 16.6. The van der Waals surface area contributed by atoms with Gasteiger partial charge in [-0.25, -0.2) is 0 Å². The fourth-order valence-corrected chi connectivity index (χ4v) is 2.36. The zero-order valence-corrected chi connectivity index (χ0v) is 11.1. The number of hydrogen-bond acceptors (Lipinski definition) is 5. The highest BCUT2D eigenvalue weighted by Gasteiger charge is 2.28. The van der Waals surface area contributed by atoms with Crippen LogP contribution in [0, 0.1) is 10.1 Å². The molecule has 1 heterocycles. The Labute approximate surface area is 115 Å². The van der Waals surface area contributed by atoms with Gasteiger partial charge in [0.15, 0.2) is 0 Å². The molecule has 1 atom stereocenters. The summed E-state index contributed by atoms with van der Waals surface area (Å²) in [4.78, 5) is 24.3. The molecule has 0 spiro atoms. The number of aliphatic hydroxyl groups is 1. The average Bonchev–Trinajstić information content (AvgIpc) is 2.45. The molecule has 0 saturated carbocycles. The number of nitro benzene ring substituents is 1. The van der Waals surface area contributed by atoms with E-state index in [1.54, 1.807) is 0 Å². The van der Waals surface area contributed by atoms with Crippen LogP contribution < -0.4 is 4.74 Å². The number of benzene rings is 1. The third kappa shape index (κ3) is 2.72. The van der Waals surface area contributed by atoms with Crippen molar-refractivity contribution < 1.29 is 19.6 Å². The number of likely N-dealkylation sites (tertiary alicyclic amines) is 1. The molecule has 20 heavy (non-hydrogen) atoms. The van der Waals surface area contributed by atoms with Crippen LogP contribution in [-0.4, -0.2) is 47.1 Å². The summed E-state index contributed by atoms with van der Waals surface area (Å²) in [6, 6.07) is 4.24. The second kappa shape index (κ2) is 5.87. The van der Waals surface area contributed by atoms with E-state index in [4.69, 9.17) is 4.74 Å². The van der Waals surface area contributed by atoms with Crippen molar-refractivity contribution in [3.63, 3.8) is 0 Å². The molecule has 1 amide bonds. The molecule has 1 aromatic carbocycles. The Morgan fingerprint density at radius 3 is 2.90 bits per heavy atom. The van der Waals surface area contributed by atoms with Crippen LogP contribution in [-0.2, 0) is 0 Å². The van der Waals surface area contributed by atoms with E-state index in [2.05, 4.69) is 0 Å². The molecule has 1 N–H and O–H groups in total. The van der Waals surface area contributed by atoms with Gasteiger partial charge in [0.05, 0.1) is 23.7 Å². The van der Waals surface area contributed by atoms with E-state index < -0.39 is 11.0 Å². The molecule has 0 unspecified atom stereocenters. The van der Waals surface area contributed by atoms with Crippen LogP contribution in [0.1, 0.15) is 23.2 Å². The standard InChI is InChI=1S/C13H16N2O5/c1-20-12-10(5-2-6-11(12)15(18)19)13(17)14-7-3-4-9(16)8-14/h2,5-6,9,16H,3-4,7-8H2,1H3/t9-/m0/s1. The topological polar surface area (TPSA) is 92.9 Å². The van der Waals surface area contributed by atoms with Gasteiger partial charge in [-0.1, -0.05) is 6.07 Å². The molecule has 0 bridgehead atoms. The molecule has 7 heteroatoms. The number of carbonyl (C=O) groups excluding carboxylic acids is 1. The third-order valence-corrected chi connectivity index (χ3v) is 3.31. The van der Waals surface area contributed by atoms with Gasteiger partial charge in [0.2, 0.25) is 5.75 Å². The lowest BCUT2D eigenvalue weighted by atomic mass is 10.1. The molecule has 1 saturated heterocycles. The lowest BCUT2D eigenvalue weighted by Crippen LogP contribution is -2.42. The number of aliphatic hydroxyl groups excluding tert-OH is 1. The maximum absolute atomic E-state index is 12.4. The summed E-state index contributed by atoms with van der Waals surface area (Å²) < 4.78 is 5.02. The Morgan fingerprint density at radius 2 is 2.30 bits per heavy atom. The molecule has 0 aromatic heterocycles. The van der Waals surface area contributed by atoms with E-state index in [1.807, 2.05) is 0 Å². The minimum Gasteiger partial charge on any atom is -0.490 e. The number of piperidine rings is 1. The SMILES string of the molecule is COc1c(C(=O)N2CCC[C@H](O)C2)cccc1[N+](=O)[O-]. The molecule has 1 aliphatic rings. The van der Waals surface area contributed by atoms with Gasteiger partial charge in [-0.2, -0.15) is 0 Å². The van der Waals surface area contributed by atoms with Crippen molar-refractivity contribution in [2.24, 2.45) is 0 Å². The number of ether oxygens (including phenoxy) is 1. The predicted octanol–water partition coefficient (Wildman–Crippen LogP) is 1.20. The first kappa shape index (κ1) is 14.3. The van der Waals surface area contributed by atoms with E-state index in [0.717, 1.165) is 0 Å². The quantitative estimate of drug-likeness (QED) is 0.663. The Balaban J connectivity index is 2.34. The van der Waals surface area contributed by atoms with Crippen molar-refractivity contribution in [1.29, 1.82) is 0 Å². The molecule has 0 radical (unpaired) electrons. The maximum atomic E-state index is 12.4. The number of rotatable bonds is 3. The summed E-state index contributed by atoms with van der Waals surface area (Å²) in [5, 5.41) is 20.6. The fraction of sp³-hybridized carbons (Fsp3) is 0.462. The first-order valence-corrected chi connectivity index (χ1v) is 6.33. The lowest BCUT2D eigenvalue weighted by molar-refractivity contribution is -0.385. The molecule has 7 nitrogen and oxygen atoms in total. The fourth-order valence-electron chi connectivity index (χ4n) is 2.36. The number of β-amino-alcohol motifs (C(OH)–C–C–N with tert-alkyl or cyclic N) is 1. The van der Waals surface area contributed by atoms with Crippen LogP contribution in [0.25, 0.3) is 0 Å². The first-order valence-electron chi connectivity index (χ1n) is 6.33. The Bertz CT molecular complexity index is 531. The smallest absolute Gasteiger partial charge is 0.311 e. The predicted molar refractivity (Wildman–Crippen MR) is 70.8 cm³/mol. The molecule has 108 valence electrons. The summed E-state index contributed by atoms with van der Waals surface area (Å²) in [7, 11) is 1.30. The van der Waals surface area contributed by atoms with Gasteiger partial charge in [0, 0.05) is 19.2 Å². The van der Waals surface area contributed by atoms with Crippen LogP contribution >= 0.6 is 0 Å². The van der Waals surface area contributed by atoms with Gasteiger partial charge in [0.25, 0.3) is 5.91 Å². The Kier molecular flexibility index (Phi) is 4.19. The Hall–Kier alpha value is -2.15. The van der Waals surface area contributed by atoms with Gasteiger partial charge in [-0.15, -0.1) is 0 Å². The number of para-hydroxylation sites is 1. The highest BCUT2D eigenvalue weighted by molar-refractivity contribution is 5.98. The number of amides is 1. The molecule has 1 aliphatic heterocycles. The number of hydrogen-bond donors (Lipinski definition) is 1. The van der Waals surface area contributed by atoms with Crippen LogP contribution in [0.3, 0.4) is 0 Å². The monoisotopic (exact) mass is 280 g/mol. The van der Waals surface area contributed by atoms with Crippen LogP contribution in [0.2, 0.25) is 0 Å². The third-order valence-electron chi connectivity index (χ3n) is 3.31. The molecular weight excluding hydrogens is 264 g/mol. The van der Waals surface area contributed by atoms with Crippen molar-refractivity contribution in [2.75, 3.05) is 20.2 Å². The second-order valence-electron chi connectivity index (χ2n) is 4.66. The van der Waals surface area contributed by atoms with Crippen molar-refractivity contribution in [2.45, 2.75) is 18.9 Å². The number of methoxy groups -OCH3 is 1. The minimum atomic E-state index is -0.583. The first-order chi connectivity index (χ1) is 9.54. The zero-order chi connectivity index (χ0) is 14.7. The van der Waals surface area contributed by atoms with Crippen molar-refractivity contribution in [3.8, 4) is 5.75 Å². The molecule has 0 aliphatic carbocycles. The van der Waals surface area contributed by atoms with E-state index >= 15 is 0 Å². The van der Waals surface area contributed by atoms with Crippen molar-refractivity contribution >= 4 is 11.6 Å². The second-order valence-corrected chi connectivity index (χ2v) is 4.66. The minimum absolute atomic E-state index is 0.0393. The summed E-state index contributed by atoms with van der Waals surface area (Å²) in [6.07, 6.45) is 0.831. The molecular formula is C13H16N2O5. The van der Waals surface area contributed by atoms with E-state index in [-0.39, 0.29) is 29.5 Å². The van der Waals surface area contributed by atoms with Crippen LogP contribution in [0.5, 0.6) is 5.75 Å². The van der Waals surface area contributed by atoms with E-state index in [1.165, 1.54) is 30.2 Å². The summed E-state index contributed by atoms with van der Waals surface area (Å²) in [6.45, 7) is 0.770. The number of carbonyl (C=O) groups is 1. The summed E-state index contributed by atoms with van der Waals surface area (Å²) in [5.41, 5.74) is -0.0910. The molecule has 2 rings (SSSR count). The highest BCUT2D eigenvalue weighted by Crippen LogP contribution is 2.31. The molecule has 1 aromatic rings. The van der Waals surface area contributed by atoms with Gasteiger partial charge in [0.1, 0.15) is 0 Å². The summed E-state index contributed by atoms with van der Waals surface area (Å²) >= 11 is 0. The van der Waals surface area contributed by atoms with Crippen LogP contribution in [0.4, 0.5) is 5.69 Å². The maximum Gasteiger partial charge on any atom is 0.311 e.